The number of Topliss-reactive ketones (excluding diaryl/α,β-unsaturated/α-hetero) is 1. The molecule has 0 aliphatic carbocycles. The van der Waals surface area contributed by atoms with Gasteiger partial charge in [0.25, 0.3) is 0 Å². The highest BCUT2D eigenvalue weighted by molar-refractivity contribution is 7.99. The zero-order valence-corrected chi connectivity index (χ0v) is 11.7. The van der Waals surface area contributed by atoms with Crippen LogP contribution in [0.4, 0.5) is 0 Å². The molecule has 0 saturated heterocycles. The van der Waals surface area contributed by atoms with E-state index in [1.807, 2.05) is 35.9 Å². The van der Waals surface area contributed by atoms with Gasteiger partial charge in [-0.05, 0) is 24.3 Å². The zero-order valence-electron chi connectivity index (χ0n) is 10.8. The Hall–Kier alpha value is -1.29. The number of thioether (sulfide) groups is 1. The number of ketones is 1. The van der Waals surface area contributed by atoms with E-state index in [1.165, 1.54) is 0 Å². The summed E-state index contributed by atoms with van der Waals surface area (Å²) in [6, 6.07) is 7.97. The van der Waals surface area contributed by atoms with Crippen molar-refractivity contribution in [2.75, 3.05) is 11.5 Å². The molecular formula is C14H18N2OS. The van der Waals surface area contributed by atoms with Gasteiger partial charge in [0.2, 0.25) is 0 Å². The van der Waals surface area contributed by atoms with E-state index < -0.39 is 0 Å². The Morgan fingerprint density at radius 1 is 1.39 bits per heavy atom. The minimum absolute atomic E-state index is 0.256. The standard InChI is InChI=1S/C14H18N2OS/c1-3-8-18-10-11(17)9-14-15-12-6-4-5-7-13(12)16(14)2/h4-7H,3,8-10H2,1-2H3. The summed E-state index contributed by atoms with van der Waals surface area (Å²) in [4.78, 5) is 16.4. The van der Waals surface area contributed by atoms with Crippen molar-refractivity contribution in [2.24, 2.45) is 7.05 Å². The highest BCUT2D eigenvalue weighted by Gasteiger charge is 2.11. The van der Waals surface area contributed by atoms with E-state index in [4.69, 9.17) is 0 Å². The smallest absolute Gasteiger partial charge is 0.150 e. The lowest BCUT2D eigenvalue weighted by atomic mass is 10.3. The van der Waals surface area contributed by atoms with Gasteiger partial charge >= 0.3 is 0 Å². The third kappa shape index (κ3) is 2.93. The highest BCUT2D eigenvalue weighted by Crippen LogP contribution is 2.15. The Labute approximate surface area is 112 Å². The summed E-state index contributed by atoms with van der Waals surface area (Å²) in [5, 5.41) is 0. The zero-order chi connectivity index (χ0) is 13.0. The molecule has 96 valence electrons. The van der Waals surface area contributed by atoms with Crippen LogP contribution >= 0.6 is 11.8 Å². The van der Waals surface area contributed by atoms with E-state index in [0.29, 0.717) is 12.2 Å². The third-order valence-electron chi connectivity index (χ3n) is 2.85. The van der Waals surface area contributed by atoms with Crippen LogP contribution in [0.5, 0.6) is 0 Å². The molecule has 0 aliphatic heterocycles. The molecule has 2 aromatic rings. The number of rotatable bonds is 6. The van der Waals surface area contributed by atoms with Crippen LogP contribution in [0.15, 0.2) is 24.3 Å². The first-order valence-corrected chi connectivity index (χ1v) is 7.37. The van der Waals surface area contributed by atoms with E-state index in [2.05, 4.69) is 11.9 Å². The van der Waals surface area contributed by atoms with Crippen molar-refractivity contribution in [3.05, 3.63) is 30.1 Å². The first kappa shape index (κ1) is 13.1. The van der Waals surface area contributed by atoms with E-state index in [-0.39, 0.29) is 5.78 Å². The van der Waals surface area contributed by atoms with Crippen molar-refractivity contribution >= 4 is 28.6 Å². The normalized spacial score (nSPS) is 11.0. The summed E-state index contributed by atoms with van der Waals surface area (Å²) in [7, 11) is 1.97. The Kier molecular flexibility index (Phi) is 4.42. The summed E-state index contributed by atoms with van der Waals surface area (Å²) in [6.45, 7) is 2.13. The fraction of sp³-hybridized carbons (Fsp3) is 0.429. The molecule has 0 unspecified atom stereocenters. The minimum atomic E-state index is 0.256. The van der Waals surface area contributed by atoms with Gasteiger partial charge < -0.3 is 4.57 Å². The summed E-state index contributed by atoms with van der Waals surface area (Å²) in [5.74, 6) is 2.76. The second-order valence-electron chi connectivity index (χ2n) is 4.34. The lowest BCUT2D eigenvalue weighted by Gasteiger charge is -2.02. The molecule has 0 spiro atoms. The Morgan fingerprint density at radius 3 is 2.89 bits per heavy atom. The molecule has 0 amide bonds. The highest BCUT2D eigenvalue weighted by atomic mass is 32.2. The van der Waals surface area contributed by atoms with Gasteiger partial charge in [-0.25, -0.2) is 4.98 Å². The van der Waals surface area contributed by atoms with Crippen LogP contribution < -0.4 is 0 Å². The molecule has 0 radical (unpaired) electrons. The first-order valence-electron chi connectivity index (χ1n) is 6.22. The molecule has 0 aliphatic rings. The van der Waals surface area contributed by atoms with Gasteiger partial charge in [-0.2, -0.15) is 11.8 Å². The average Bonchev–Trinajstić information content (AvgIpc) is 2.67. The fourth-order valence-corrected chi connectivity index (χ4v) is 2.67. The third-order valence-corrected chi connectivity index (χ3v) is 4.07. The van der Waals surface area contributed by atoms with Gasteiger partial charge in [-0.15, -0.1) is 0 Å². The molecular weight excluding hydrogens is 244 g/mol. The van der Waals surface area contributed by atoms with Crippen LogP contribution in [0.25, 0.3) is 11.0 Å². The minimum Gasteiger partial charge on any atom is -0.331 e. The average molecular weight is 262 g/mol. The second kappa shape index (κ2) is 6.05. The lowest BCUT2D eigenvalue weighted by molar-refractivity contribution is -0.116. The number of nitrogens with zero attached hydrogens (tertiary/aromatic N) is 2. The number of aryl methyl sites for hydroxylation is 1. The number of carbonyl (C=O) groups is 1. The summed E-state index contributed by atoms with van der Waals surface area (Å²) < 4.78 is 2.01. The predicted molar refractivity (Wildman–Crippen MR) is 77.0 cm³/mol. The summed E-state index contributed by atoms with van der Waals surface area (Å²) in [5.41, 5.74) is 2.05. The molecule has 3 nitrogen and oxygen atoms in total. The SMILES string of the molecule is CCCSCC(=O)Cc1nc2ccccc2n1C. The Bertz CT molecular complexity index is 548. The summed E-state index contributed by atoms with van der Waals surface area (Å²) >= 11 is 1.71. The molecule has 0 atom stereocenters. The van der Waals surface area contributed by atoms with Crippen molar-refractivity contribution < 1.29 is 4.79 Å². The van der Waals surface area contributed by atoms with Gasteiger partial charge in [-0.1, -0.05) is 19.1 Å². The quantitative estimate of drug-likeness (QED) is 0.751. The molecule has 18 heavy (non-hydrogen) atoms. The van der Waals surface area contributed by atoms with E-state index in [1.54, 1.807) is 11.8 Å². The van der Waals surface area contributed by atoms with Crippen LogP contribution in [0.1, 0.15) is 19.2 Å². The molecule has 2 rings (SSSR count). The molecule has 1 aromatic carbocycles. The number of benzene rings is 1. The molecule has 1 heterocycles. The Morgan fingerprint density at radius 2 is 2.17 bits per heavy atom. The van der Waals surface area contributed by atoms with Gasteiger partial charge in [-0.3, -0.25) is 4.79 Å². The predicted octanol–water partition coefficient (Wildman–Crippen LogP) is 2.83. The second-order valence-corrected chi connectivity index (χ2v) is 5.45. The molecule has 1 aromatic heterocycles. The molecule has 0 saturated carbocycles. The van der Waals surface area contributed by atoms with Crippen molar-refractivity contribution in [1.82, 2.24) is 9.55 Å². The van der Waals surface area contributed by atoms with Gasteiger partial charge in [0, 0.05) is 7.05 Å². The van der Waals surface area contributed by atoms with Crippen LogP contribution in [-0.4, -0.2) is 26.8 Å². The molecule has 0 fully saturated rings. The topological polar surface area (TPSA) is 34.9 Å². The number of hydrogen-bond donors (Lipinski definition) is 0. The van der Waals surface area contributed by atoms with E-state index in [0.717, 1.165) is 29.0 Å². The van der Waals surface area contributed by atoms with Gasteiger partial charge in [0.1, 0.15) is 11.6 Å². The maximum atomic E-state index is 11.8. The number of carbonyl (C=O) groups excluding carboxylic acids is 1. The van der Waals surface area contributed by atoms with Gasteiger partial charge in [0.15, 0.2) is 0 Å². The first-order chi connectivity index (χ1) is 8.72. The number of imidazole rings is 1. The van der Waals surface area contributed by atoms with E-state index >= 15 is 0 Å². The van der Waals surface area contributed by atoms with Crippen LogP contribution in [0.2, 0.25) is 0 Å². The van der Waals surface area contributed by atoms with Crippen LogP contribution in [0, 0.1) is 0 Å². The van der Waals surface area contributed by atoms with Crippen molar-refractivity contribution in [2.45, 2.75) is 19.8 Å². The van der Waals surface area contributed by atoms with E-state index in [9.17, 15) is 4.79 Å². The monoisotopic (exact) mass is 262 g/mol. The number of para-hydroxylation sites is 2. The van der Waals surface area contributed by atoms with Gasteiger partial charge in [0.05, 0.1) is 23.2 Å². The number of hydrogen-bond acceptors (Lipinski definition) is 3. The molecule has 4 heteroatoms. The number of fused-ring (bicyclic) bond motifs is 1. The van der Waals surface area contributed by atoms with Crippen LogP contribution in [0.3, 0.4) is 0 Å². The maximum absolute atomic E-state index is 11.8. The molecule has 0 bridgehead atoms. The Balaban J connectivity index is 2.07. The van der Waals surface area contributed by atoms with Crippen molar-refractivity contribution in [3.63, 3.8) is 0 Å². The molecule has 0 N–H and O–H groups in total. The van der Waals surface area contributed by atoms with Crippen molar-refractivity contribution in [3.8, 4) is 0 Å². The maximum Gasteiger partial charge on any atom is 0.150 e. The lowest BCUT2D eigenvalue weighted by Crippen LogP contribution is -2.10. The number of aromatic nitrogens is 2. The van der Waals surface area contributed by atoms with Crippen LogP contribution in [-0.2, 0) is 18.3 Å². The van der Waals surface area contributed by atoms with Crippen molar-refractivity contribution in [1.29, 1.82) is 0 Å². The largest absolute Gasteiger partial charge is 0.331 e. The fourth-order valence-electron chi connectivity index (χ4n) is 1.91. The summed E-state index contributed by atoms with van der Waals surface area (Å²) in [6.07, 6.45) is 1.55.